The van der Waals surface area contributed by atoms with E-state index in [9.17, 15) is 4.79 Å². The number of nitrogens with one attached hydrogen (secondary N) is 1. The molecule has 0 aliphatic carbocycles. The van der Waals surface area contributed by atoms with Crippen molar-refractivity contribution in [3.8, 4) is 0 Å². The Morgan fingerprint density at radius 1 is 1.00 bits per heavy atom. The van der Waals surface area contributed by atoms with Crippen LogP contribution in [0.3, 0.4) is 0 Å². The summed E-state index contributed by atoms with van der Waals surface area (Å²) < 4.78 is 0. The average Bonchev–Trinajstić information content (AvgIpc) is 3.24. The van der Waals surface area contributed by atoms with Crippen LogP contribution in [0.5, 0.6) is 0 Å². The molecule has 1 N–H and O–H groups in total. The molecule has 2 amide bonds. The van der Waals surface area contributed by atoms with Crippen molar-refractivity contribution in [1.29, 1.82) is 0 Å². The van der Waals surface area contributed by atoms with Gasteiger partial charge in [0.15, 0.2) is 0 Å². The zero-order valence-corrected chi connectivity index (χ0v) is 16.8. The Balaban J connectivity index is 1.39. The summed E-state index contributed by atoms with van der Waals surface area (Å²) in [5.74, 6) is 1.77. The van der Waals surface area contributed by atoms with Crippen LogP contribution in [-0.2, 0) is 0 Å². The summed E-state index contributed by atoms with van der Waals surface area (Å²) in [5, 5.41) is 3.44. The number of amides is 2. The Bertz CT molecular complexity index is 846. The van der Waals surface area contributed by atoms with E-state index in [0.29, 0.717) is 23.8 Å². The minimum absolute atomic E-state index is 0.121. The fourth-order valence-electron chi connectivity index (χ4n) is 3.65. The zero-order valence-electron chi connectivity index (χ0n) is 16.1. The molecule has 0 saturated carbocycles. The molecular weight excluding hydrogens is 376 g/mol. The van der Waals surface area contributed by atoms with E-state index in [-0.39, 0.29) is 6.03 Å². The largest absolute Gasteiger partial charge is 0.353 e. The van der Waals surface area contributed by atoms with Crippen molar-refractivity contribution in [1.82, 2.24) is 14.9 Å². The smallest absolute Gasteiger partial charge is 0.322 e. The highest BCUT2D eigenvalue weighted by Crippen LogP contribution is 2.23. The maximum atomic E-state index is 12.6. The molecule has 2 saturated heterocycles. The number of rotatable bonds is 3. The summed E-state index contributed by atoms with van der Waals surface area (Å²) in [5.41, 5.74) is 1.61. The van der Waals surface area contributed by atoms with Crippen molar-refractivity contribution < 1.29 is 4.79 Å². The molecule has 1 aromatic carbocycles. The quantitative estimate of drug-likeness (QED) is 0.855. The molecule has 1 aromatic heterocycles. The molecular formula is C20H25ClN6O. The lowest BCUT2D eigenvalue weighted by Gasteiger charge is -2.35. The Kier molecular flexibility index (Phi) is 5.52. The van der Waals surface area contributed by atoms with E-state index in [2.05, 4.69) is 20.1 Å². The average molecular weight is 401 g/mol. The number of hydrogen-bond acceptors (Lipinski definition) is 5. The molecule has 7 nitrogen and oxygen atoms in total. The predicted octanol–water partition coefficient (Wildman–Crippen LogP) is 3.39. The molecule has 28 heavy (non-hydrogen) atoms. The number of carbonyl (C=O) groups is 1. The van der Waals surface area contributed by atoms with Crippen molar-refractivity contribution in [2.75, 3.05) is 54.4 Å². The predicted molar refractivity (Wildman–Crippen MR) is 112 cm³/mol. The fraction of sp³-hybridized carbons (Fsp3) is 0.450. The van der Waals surface area contributed by atoms with E-state index in [4.69, 9.17) is 16.6 Å². The minimum atomic E-state index is -0.121. The van der Waals surface area contributed by atoms with Crippen molar-refractivity contribution >= 4 is 35.1 Å². The van der Waals surface area contributed by atoms with Gasteiger partial charge in [-0.2, -0.15) is 4.98 Å². The molecule has 0 radical (unpaired) electrons. The maximum Gasteiger partial charge on any atom is 0.322 e. The molecule has 2 aliphatic heterocycles. The lowest BCUT2D eigenvalue weighted by molar-refractivity contribution is 0.208. The second-order valence-corrected chi connectivity index (χ2v) is 7.65. The first-order valence-corrected chi connectivity index (χ1v) is 10.1. The van der Waals surface area contributed by atoms with Crippen molar-refractivity contribution in [3.05, 3.63) is 41.0 Å². The monoisotopic (exact) mass is 400 g/mol. The Morgan fingerprint density at radius 3 is 2.43 bits per heavy atom. The first-order chi connectivity index (χ1) is 13.6. The first-order valence-electron chi connectivity index (χ1n) is 9.76. The van der Waals surface area contributed by atoms with Crippen LogP contribution in [0.2, 0.25) is 5.02 Å². The van der Waals surface area contributed by atoms with Gasteiger partial charge in [-0.3, -0.25) is 0 Å². The third-order valence-electron chi connectivity index (χ3n) is 5.22. The van der Waals surface area contributed by atoms with Gasteiger partial charge in [0.05, 0.1) is 10.7 Å². The van der Waals surface area contributed by atoms with Crippen LogP contribution in [0.4, 0.5) is 22.2 Å². The number of aryl methyl sites for hydroxylation is 1. The standard InChI is InChI=1S/C20H25ClN6O/c1-15-14-18(24-19(22-15)26-8-4-5-9-26)25-10-12-27(13-11-25)20(28)23-17-7-3-2-6-16(17)21/h2-3,6-7,14H,4-5,8-13H2,1H3,(H,23,28). The number of benzene rings is 1. The van der Waals surface area contributed by atoms with Crippen LogP contribution >= 0.6 is 11.6 Å². The molecule has 8 heteroatoms. The van der Waals surface area contributed by atoms with Gasteiger partial charge in [-0.25, -0.2) is 9.78 Å². The van der Waals surface area contributed by atoms with Gasteiger partial charge in [-0.1, -0.05) is 23.7 Å². The summed E-state index contributed by atoms with van der Waals surface area (Å²) in [7, 11) is 0. The van der Waals surface area contributed by atoms with Gasteiger partial charge in [0.25, 0.3) is 0 Å². The molecule has 0 bridgehead atoms. The molecule has 0 unspecified atom stereocenters. The van der Waals surface area contributed by atoms with Gasteiger partial charge in [-0.15, -0.1) is 0 Å². The zero-order chi connectivity index (χ0) is 19.5. The number of carbonyl (C=O) groups excluding carboxylic acids is 1. The van der Waals surface area contributed by atoms with Gasteiger partial charge < -0.3 is 20.0 Å². The SMILES string of the molecule is Cc1cc(N2CCN(C(=O)Nc3ccccc3Cl)CC2)nc(N2CCCC2)n1. The molecule has 0 spiro atoms. The number of aromatic nitrogens is 2. The Labute approximate surface area is 170 Å². The first kappa shape index (κ1) is 18.8. The highest BCUT2D eigenvalue weighted by atomic mass is 35.5. The topological polar surface area (TPSA) is 64.6 Å². The lowest BCUT2D eigenvalue weighted by atomic mass is 10.3. The highest BCUT2D eigenvalue weighted by Gasteiger charge is 2.24. The van der Waals surface area contributed by atoms with Gasteiger partial charge in [-0.05, 0) is 31.9 Å². The fourth-order valence-corrected chi connectivity index (χ4v) is 3.84. The number of hydrogen-bond donors (Lipinski definition) is 1. The molecule has 3 heterocycles. The van der Waals surface area contributed by atoms with Gasteiger partial charge in [0.2, 0.25) is 5.95 Å². The molecule has 0 atom stereocenters. The van der Waals surface area contributed by atoms with Crippen LogP contribution in [0, 0.1) is 6.92 Å². The third kappa shape index (κ3) is 4.14. The number of halogens is 1. The third-order valence-corrected chi connectivity index (χ3v) is 5.55. The second-order valence-electron chi connectivity index (χ2n) is 7.25. The van der Waals surface area contributed by atoms with E-state index in [1.54, 1.807) is 12.1 Å². The number of para-hydroxylation sites is 1. The molecule has 148 valence electrons. The van der Waals surface area contributed by atoms with E-state index in [0.717, 1.165) is 43.6 Å². The number of piperazine rings is 1. The van der Waals surface area contributed by atoms with E-state index in [1.165, 1.54) is 12.8 Å². The number of urea groups is 1. The number of nitrogens with zero attached hydrogens (tertiary/aromatic N) is 5. The van der Waals surface area contributed by atoms with E-state index >= 15 is 0 Å². The van der Waals surface area contributed by atoms with Gasteiger partial charge in [0.1, 0.15) is 5.82 Å². The molecule has 2 aromatic rings. The summed E-state index contributed by atoms with van der Waals surface area (Å²) in [6.45, 7) is 6.82. The summed E-state index contributed by atoms with van der Waals surface area (Å²) >= 11 is 6.13. The summed E-state index contributed by atoms with van der Waals surface area (Å²) in [6.07, 6.45) is 2.40. The maximum absolute atomic E-state index is 12.6. The summed E-state index contributed by atoms with van der Waals surface area (Å²) in [4.78, 5) is 28.3. The number of anilines is 3. The van der Waals surface area contributed by atoms with Crippen LogP contribution in [0.15, 0.2) is 30.3 Å². The Hall–Kier alpha value is -2.54. The Morgan fingerprint density at radius 2 is 1.71 bits per heavy atom. The van der Waals surface area contributed by atoms with Crippen molar-refractivity contribution in [3.63, 3.8) is 0 Å². The molecule has 2 fully saturated rings. The van der Waals surface area contributed by atoms with Crippen LogP contribution < -0.4 is 15.1 Å². The molecule has 2 aliphatic rings. The van der Waals surface area contributed by atoms with E-state index < -0.39 is 0 Å². The lowest BCUT2D eigenvalue weighted by Crippen LogP contribution is -2.50. The van der Waals surface area contributed by atoms with Gasteiger partial charge in [0, 0.05) is 51.0 Å². The normalized spacial score (nSPS) is 17.1. The second kappa shape index (κ2) is 8.22. The minimum Gasteiger partial charge on any atom is -0.353 e. The van der Waals surface area contributed by atoms with Crippen LogP contribution in [0.25, 0.3) is 0 Å². The van der Waals surface area contributed by atoms with Crippen LogP contribution in [0.1, 0.15) is 18.5 Å². The van der Waals surface area contributed by atoms with Crippen molar-refractivity contribution in [2.24, 2.45) is 0 Å². The van der Waals surface area contributed by atoms with Gasteiger partial charge >= 0.3 is 6.03 Å². The van der Waals surface area contributed by atoms with E-state index in [1.807, 2.05) is 30.0 Å². The molecule has 4 rings (SSSR count). The van der Waals surface area contributed by atoms with Crippen molar-refractivity contribution in [2.45, 2.75) is 19.8 Å². The summed E-state index contributed by atoms with van der Waals surface area (Å²) in [6, 6.07) is 9.18. The van der Waals surface area contributed by atoms with Crippen LogP contribution in [-0.4, -0.2) is 60.2 Å². The highest BCUT2D eigenvalue weighted by molar-refractivity contribution is 6.33.